The predicted octanol–water partition coefficient (Wildman–Crippen LogP) is 5.48. The second-order valence-corrected chi connectivity index (χ2v) is 6.42. The van der Waals surface area contributed by atoms with Gasteiger partial charge in [0.25, 0.3) is 0 Å². The van der Waals surface area contributed by atoms with Crippen molar-refractivity contribution >= 4 is 15.9 Å². The first kappa shape index (κ1) is 15.3. The van der Waals surface area contributed by atoms with Crippen molar-refractivity contribution in [2.45, 2.75) is 39.8 Å². The highest BCUT2D eigenvalue weighted by molar-refractivity contribution is 9.10. The van der Waals surface area contributed by atoms with E-state index in [2.05, 4.69) is 91.4 Å². The number of aryl methyl sites for hydroxylation is 2. The van der Waals surface area contributed by atoms with Gasteiger partial charge >= 0.3 is 0 Å². The van der Waals surface area contributed by atoms with E-state index in [0.29, 0.717) is 12.1 Å². The third-order valence-corrected chi connectivity index (χ3v) is 4.37. The number of rotatable bonds is 4. The minimum Gasteiger partial charge on any atom is -0.304 e. The van der Waals surface area contributed by atoms with Crippen molar-refractivity contribution in [1.29, 1.82) is 0 Å². The van der Waals surface area contributed by atoms with Crippen molar-refractivity contribution in [3.05, 3.63) is 69.2 Å². The standard InChI is InChI=1S/C18H22BrN/c1-12-8-9-17(10-13(12)2)15(4)20-14(3)16-6-5-7-18(19)11-16/h5-11,14-15,20H,1-4H3/t14-,15?/m1/s1. The molecule has 20 heavy (non-hydrogen) atoms. The smallest absolute Gasteiger partial charge is 0.0297 e. The Kier molecular flexibility index (Phi) is 5.00. The number of halogens is 1. The average molecular weight is 332 g/mol. The van der Waals surface area contributed by atoms with Crippen LogP contribution in [-0.2, 0) is 0 Å². The molecule has 1 nitrogen and oxygen atoms in total. The Hall–Kier alpha value is -1.12. The van der Waals surface area contributed by atoms with Crippen LogP contribution in [0, 0.1) is 13.8 Å². The van der Waals surface area contributed by atoms with Gasteiger partial charge < -0.3 is 5.32 Å². The van der Waals surface area contributed by atoms with Crippen LogP contribution in [0.4, 0.5) is 0 Å². The highest BCUT2D eigenvalue weighted by atomic mass is 79.9. The van der Waals surface area contributed by atoms with Crippen molar-refractivity contribution in [2.24, 2.45) is 0 Å². The van der Waals surface area contributed by atoms with Crippen LogP contribution in [0.1, 0.15) is 48.2 Å². The molecule has 0 amide bonds. The second kappa shape index (κ2) is 6.55. The molecule has 0 fully saturated rings. The van der Waals surface area contributed by atoms with Gasteiger partial charge in [-0.05, 0) is 62.1 Å². The topological polar surface area (TPSA) is 12.0 Å². The fraction of sp³-hybridized carbons (Fsp3) is 0.333. The minimum atomic E-state index is 0.323. The van der Waals surface area contributed by atoms with Crippen LogP contribution in [0.3, 0.4) is 0 Å². The fourth-order valence-corrected chi connectivity index (χ4v) is 2.79. The lowest BCUT2D eigenvalue weighted by atomic mass is 10.0. The van der Waals surface area contributed by atoms with Crippen LogP contribution in [0.15, 0.2) is 46.9 Å². The summed E-state index contributed by atoms with van der Waals surface area (Å²) in [6.07, 6.45) is 0. The normalized spacial score (nSPS) is 14.1. The van der Waals surface area contributed by atoms with Crippen molar-refractivity contribution in [3.63, 3.8) is 0 Å². The Balaban J connectivity index is 2.10. The molecule has 0 bridgehead atoms. The molecule has 2 aromatic rings. The van der Waals surface area contributed by atoms with Gasteiger partial charge in [0, 0.05) is 16.6 Å². The van der Waals surface area contributed by atoms with Crippen LogP contribution in [-0.4, -0.2) is 0 Å². The van der Waals surface area contributed by atoms with Gasteiger partial charge in [0.15, 0.2) is 0 Å². The number of nitrogens with one attached hydrogen (secondary N) is 1. The van der Waals surface area contributed by atoms with Gasteiger partial charge in [0.1, 0.15) is 0 Å². The van der Waals surface area contributed by atoms with Gasteiger partial charge in [-0.25, -0.2) is 0 Å². The first-order valence-electron chi connectivity index (χ1n) is 7.06. The molecule has 0 spiro atoms. The van der Waals surface area contributed by atoms with Crippen molar-refractivity contribution < 1.29 is 0 Å². The predicted molar refractivity (Wildman–Crippen MR) is 90.0 cm³/mol. The zero-order valence-electron chi connectivity index (χ0n) is 12.6. The molecule has 0 saturated heterocycles. The summed E-state index contributed by atoms with van der Waals surface area (Å²) in [5, 5.41) is 3.67. The largest absolute Gasteiger partial charge is 0.304 e. The van der Waals surface area contributed by atoms with E-state index in [-0.39, 0.29) is 0 Å². The highest BCUT2D eigenvalue weighted by Crippen LogP contribution is 2.23. The molecule has 0 aliphatic rings. The zero-order valence-corrected chi connectivity index (χ0v) is 14.2. The SMILES string of the molecule is Cc1ccc(C(C)N[C@H](C)c2cccc(Br)c2)cc1C. The van der Waals surface area contributed by atoms with Crippen molar-refractivity contribution in [3.8, 4) is 0 Å². The maximum absolute atomic E-state index is 3.67. The number of hydrogen-bond donors (Lipinski definition) is 1. The molecular weight excluding hydrogens is 310 g/mol. The minimum absolute atomic E-state index is 0.323. The van der Waals surface area contributed by atoms with E-state index >= 15 is 0 Å². The summed E-state index contributed by atoms with van der Waals surface area (Å²) < 4.78 is 1.13. The van der Waals surface area contributed by atoms with Crippen LogP contribution >= 0.6 is 15.9 Å². The number of hydrogen-bond acceptors (Lipinski definition) is 1. The van der Waals surface area contributed by atoms with Gasteiger partial charge in [0.05, 0.1) is 0 Å². The van der Waals surface area contributed by atoms with E-state index in [1.807, 2.05) is 0 Å². The molecule has 0 saturated carbocycles. The Morgan fingerprint density at radius 2 is 1.50 bits per heavy atom. The highest BCUT2D eigenvalue weighted by Gasteiger charge is 2.11. The van der Waals surface area contributed by atoms with Gasteiger partial charge in [0.2, 0.25) is 0 Å². The molecule has 1 unspecified atom stereocenters. The van der Waals surface area contributed by atoms with Gasteiger partial charge in [-0.3, -0.25) is 0 Å². The molecule has 0 radical (unpaired) electrons. The summed E-state index contributed by atoms with van der Waals surface area (Å²) >= 11 is 3.53. The first-order valence-corrected chi connectivity index (χ1v) is 7.85. The average Bonchev–Trinajstić information content (AvgIpc) is 2.41. The third kappa shape index (κ3) is 3.71. The van der Waals surface area contributed by atoms with Crippen molar-refractivity contribution in [1.82, 2.24) is 5.32 Å². The van der Waals surface area contributed by atoms with Crippen LogP contribution in [0.5, 0.6) is 0 Å². The van der Waals surface area contributed by atoms with Crippen LogP contribution in [0.25, 0.3) is 0 Å². The molecule has 2 aromatic carbocycles. The molecule has 1 N–H and O–H groups in total. The molecular formula is C18H22BrN. The van der Waals surface area contributed by atoms with Crippen LogP contribution in [0.2, 0.25) is 0 Å². The molecule has 106 valence electrons. The lowest BCUT2D eigenvalue weighted by molar-refractivity contribution is 0.494. The molecule has 0 aliphatic carbocycles. The summed E-state index contributed by atoms with van der Waals surface area (Å²) in [7, 11) is 0. The molecule has 0 aliphatic heterocycles. The monoisotopic (exact) mass is 331 g/mol. The maximum atomic E-state index is 3.67. The lowest BCUT2D eigenvalue weighted by Gasteiger charge is -2.21. The summed E-state index contributed by atoms with van der Waals surface area (Å²) in [5.41, 5.74) is 5.34. The first-order chi connectivity index (χ1) is 9.47. The quantitative estimate of drug-likeness (QED) is 0.782. The Labute approximate surface area is 130 Å². The van der Waals surface area contributed by atoms with Gasteiger partial charge in [-0.1, -0.05) is 46.3 Å². The summed E-state index contributed by atoms with van der Waals surface area (Å²) in [4.78, 5) is 0. The van der Waals surface area contributed by atoms with E-state index in [9.17, 15) is 0 Å². The lowest BCUT2D eigenvalue weighted by Crippen LogP contribution is -2.22. The van der Waals surface area contributed by atoms with Gasteiger partial charge in [-0.2, -0.15) is 0 Å². The summed E-state index contributed by atoms with van der Waals surface area (Å²) in [6, 6.07) is 15.8. The van der Waals surface area contributed by atoms with E-state index < -0.39 is 0 Å². The molecule has 0 aromatic heterocycles. The van der Waals surface area contributed by atoms with Crippen LogP contribution < -0.4 is 5.32 Å². The van der Waals surface area contributed by atoms with E-state index in [1.54, 1.807) is 0 Å². The van der Waals surface area contributed by atoms with E-state index in [1.165, 1.54) is 22.3 Å². The third-order valence-electron chi connectivity index (χ3n) is 3.88. The maximum Gasteiger partial charge on any atom is 0.0297 e. The zero-order chi connectivity index (χ0) is 14.7. The summed E-state index contributed by atoms with van der Waals surface area (Å²) in [5.74, 6) is 0. The van der Waals surface area contributed by atoms with Gasteiger partial charge in [-0.15, -0.1) is 0 Å². The Bertz CT molecular complexity index is 592. The Morgan fingerprint density at radius 3 is 2.10 bits per heavy atom. The Morgan fingerprint density at radius 1 is 0.850 bits per heavy atom. The summed E-state index contributed by atoms with van der Waals surface area (Å²) in [6.45, 7) is 8.75. The molecule has 2 rings (SSSR count). The molecule has 2 heteroatoms. The molecule has 2 atom stereocenters. The van der Waals surface area contributed by atoms with E-state index in [4.69, 9.17) is 0 Å². The van der Waals surface area contributed by atoms with Crippen molar-refractivity contribution in [2.75, 3.05) is 0 Å². The molecule has 0 heterocycles. The fourth-order valence-electron chi connectivity index (χ4n) is 2.38. The number of benzene rings is 2. The second-order valence-electron chi connectivity index (χ2n) is 5.51. The van der Waals surface area contributed by atoms with E-state index in [0.717, 1.165) is 4.47 Å².